The molecule has 1 aromatic rings. The molecule has 1 aromatic carbocycles. The van der Waals surface area contributed by atoms with Crippen LogP contribution in [0.15, 0.2) is 27.6 Å². The number of thioether (sulfide) groups is 1. The van der Waals surface area contributed by atoms with E-state index in [2.05, 4.69) is 60.2 Å². The highest BCUT2D eigenvalue weighted by molar-refractivity contribution is 9.10. The fourth-order valence-corrected chi connectivity index (χ4v) is 2.82. The highest BCUT2D eigenvalue weighted by atomic mass is 79.9. The molecule has 1 rings (SSSR count). The summed E-state index contributed by atoms with van der Waals surface area (Å²) >= 11 is 5.51. The fraction of sp³-hybridized carbons (Fsp3) is 0.500. The quantitative estimate of drug-likeness (QED) is 0.820. The van der Waals surface area contributed by atoms with Crippen molar-refractivity contribution in [2.75, 3.05) is 6.54 Å². The van der Waals surface area contributed by atoms with Crippen molar-refractivity contribution in [3.8, 4) is 0 Å². The van der Waals surface area contributed by atoms with Gasteiger partial charge in [-0.1, -0.05) is 42.8 Å². The zero-order valence-corrected chi connectivity index (χ0v) is 11.9. The molecule has 0 atom stereocenters. The van der Waals surface area contributed by atoms with Crippen molar-refractivity contribution in [2.24, 2.45) is 0 Å². The van der Waals surface area contributed by atoms with Gasteiger partial charge in [0.1, 0.15) is 0 Å². The first kappa shape index (κ1) is 13.1. The molecule has 0 bridgehead atoms. The first-order valence-electron chi connectivity index (χ1n) is 5.29. The van der Waals surface area contributed by atoms with Crippen molar-refractivity contribution >= 4 is 27.7 Å². The van der Waals surface area contributed by atoms with Crippen LogP contribution in [0.1, 0.15) is 26.3 Å². The molecular formula is C12H18BrNS. The predicted molar refractivity (Wildman–Crippen MR) is 72.5 cm³/mol. The summed E-state index contributed by atoms with van der Waals surface area (Å²) in [5, 5.41) is 3.96. The second-order valence-corrected chi connectivity index (χ2v) is 6.20. The van der Waals surface area contributed by atoms with E-state index in [-0.39, 0.29) is 0 Å². The number of hydrogen-bond donors (Lipinski definition) is 1. The Labute approximate surface area is 105 Å². The maximum atomic E-state index is 3.61. The summed E-state index contributed by atoms with van der Waals surface area (Å²) in [5.41, 5.74) is 1.32. The highest BCUT2D eigenvalue weighted by Gasteiger charge is 2.03. The van der Waals surface area contributed by atoms with Gasteiger partial charge in [-0.15, -0.1) is 11.8 Å². The van der Waals surface area contributed by atoms with Crippen LogP contribution in [0.25, 0.3) is 0 Å². The lowest BCUT2D eigenvalue weighted by atomic mass is 10.2. The lowest BCUT2D eigenvalue weighted by Crippen LogP contribution is -2.12. The smallest absolute Gasteiger partial charge is 0.0231 e. The number of hydrogen-bond acceptors (Lipinski definition) is 2. The molecule has 0 aliphatic rings. The third-order valence-electron chi connectivity index (χ3n) is 1.96. The molecule has 0 saturated heterocycles. The molecule has 0 heterocycles. The number of rotatable bonds is 5. The van der Waals surface area contributed by atoms with Gasteiger partial charge in [0, 0.05) is 21.2 Å². The molecular weight excluding hydrogens is 270 g/mol. The second-order valence-electron chi connectivity index (χ2n) is 3.70. The third-order valence-corrected chi connectivity index (χ3v) is 3.70. The highest BCUT2D eigenvalue weighted by Crippen LogP contribution is 2.27. The third kappa shape index (κ3) is 4.58. The summed E-state index contributed by atoms with van der Waals surface area (Å²) in [5.74, 6) is 0. The number of halogens is 1. The van der Waals surface area contributed by atoms with Crippen LogP contribution in [0.5, 0.6) is 0 Å². The van der Waals surface area contributed by atoms with Crippen LogP contribution >= 0.6 is 27.7 Å². The molecule has 0 fully saturated rings. The molecule has 3 heteroatoms. The Hall–Kier alpha value is 0.01000. The van der Waals surface area contributed by atoms with Gasteiger partial charge in [0.15, 0.2) is 0 Å². The molecule has 1 N–H and O–H groups in total. The molecule has 15 heavy (non-hydrogen) atoms. The average molecular weight is 288 g/mol. The van der Waals surface area contributed by atoms with Gasteiger partial charge in [0.05, 0.1) is 0 Å². The summed E-state index contributed by atoms with van der Waals surface area (Å²) in [6.45, 7) is 8.49. The van der Waals surface area contributed by atoms with E-state index in [1.807, 2.05) is 11.8 Å². The van der Waals surface area contributed by atoms with Gasteiger partial charge in [-0.25, -0.2) is 0 Å². The van der Waals surface area contributed by atoms with E-state index in [4.69, 9.17) is 0 Å². The summed E-state index contributed by atoms with van der Waals surface area (Å²) in [4.78, 5) is 1.33. The van der Waals surface area contributed by atoms with Gasteiger partial charge >= 0.3 is 0 Å². The van der Waals surface area contributed by atoms with E-state index in [1.165, 1.54) is 14.9 Å². The Morgan fingerprint density at radius 1 is 1.40 bits per heavy atom. The van der Waals surface area contributed by atoms with E-state index in [1.54, 1.807) is 0 Å². The van der Waals surface area contributed by atoms with Crippen molar-refractivity contribution < 1.29 is 0 Å². The van der Waals surface area contributed by atoms with E-state index in [0.717, 1.165) is 13.1 Å². The Morgan fingerprint density at radius 3 is 2.67 bits per heavy atom. The average Bonchev–Trinajstić information content (AvgIpc) is 2.15. The lowest BCUT2D eigenvalue weighted by molar-refractivity contribution is 0.724. The minimum absolute atomic E-state index is 0.636. The van der Waals surface area contributed by atoms with Crippen LogP contribution in [-0.4, -0.2) is 11.8 Å². The monoisotopic (exact) mass is 287 g/mol. The molecule has 0 radical (unpaired) electrons. The Bertz CT molecular complexity index is 312. The Morgan fingerprint density at radius 2 is 2.13 bits per heavy atom. The van der Waals surface area contributed by atoms with E-state index in [9.17, 15) is 0 Å². The first-order valence-corrected chi connectivity index (χ1v) is 6.96. The van der Waals surface area contributed by atoms with Gasteiger partial charge in [0.25, 0.3) is 0 Å². The van der Waals surface area contributed by atoms with Crippen LogP contribution in [0.2, 0.25) is 0 Å². The normalized spacial score (nSPS) is 11.0. The predicted octanol–water partition coefficient (Wildman–Crippen LogP) is 4.06. The van der Waals surface area contributed by atoms with Crippen LogP contribution in [-0.2, 0) is 6.54 Å². The van der Waals surface area contributed by atoms with E-state index >= 15 is 0 Å². The molecule has 0 aromatic heterocycles. The van der Waals surface area contributed by atoms with Gasteiger partial charge in [-0.05, 0) is 24.2 Å². The fourth-order valence-electron chi connectivity index (χ4n) is 1.28. The minimum atomic E-state index is 0.636. The van der Waals surface area contributed by atoms with Crippen LogP contribution in [0.3, 0.4) is 0 Å². The summed E-state index contributed by atoms with van der Waals surface area (Å²) in [6.07, 6.45) is 0. The van der Waals surface area contributed by atoms with Crippen molar-refractivity contribution in [3.05, 3.63) is 28.2 Å². The largest absolute Gasteiger partial charge is 0.313 e. The molecule has 0 spiro atoms. The number of nitrogens with one attached hydrogen (secondary N) is 1. The molecule has 0 amide bonds. The summed E-state index contributed by atoms with van der Waals surface area (Å²) < 4.78 is 1.20. The maximum absolute atomic E-state index is 3.61. The molecule has 84 valence electrons. The zero-order valence-electron chi connectivity index (χ0n) is 9.51. The summed E-state index contributed by atoms with van der Waals surface area (Å²) in [7, 11) is 0. The van der Waals surface area contributed by atoms with Crippen molar-refractivity contribution in [3.63, 3.8) is 0 Å². The van der Waals surface area contributed by atoms with Crippen molar-refractivity contribution in [1.82, 2.24) is 5.32 Å². The van der Waals surface area contributed by atoms with Crippen LogP contribution < -0.4 is 5.32 Å². The van der Waals surface area contributed by atoms with Gasteiger partial charge in [0.2, 0.25) is 0 Å². The summed E-state index contributed by atoms with van der Waals surface area (Å²) in [6, 6.07) is 6.59. The molecule has 1 nitrogen and oxygen atoms in total. The molecule has 0 unspecified atom stereocenters. The van der Waals surface area contributed by atoms with E-state index < -0.39 is 0 Å². The first-order chi connectivity index (χ1) is 7.13. The zero-order chi connectivity index (χ0) is 11.3. The van der Waals surface area contributed by atoms with Crippen LogP contribution in [0, 0.1) is 0 Å². The molecule has 0 aliphatic carbocycles. The maximum Gasteiger partial charge on any atom is 0.0231 e. The van der Waals surface area contributed by atoms with Gasteiger partial charge < -0.3 is 5.32 Å². The molecule has 0 saturated carbocycles. The van der Waals surface area contributed by atoms with Gasteiger partial charge in [-0.3, -0.25) is 0 Å². The SMILES string of the molecule is CCNCc1ccc(SC(C)C)cc1Br. The van der Waals surface area contributed by atoms with Crippen LogP contribution in [0.4, 0.5) is 0 Å². The van der Waals surface area contributed by atoms with E-state index in [0.29, 0.717) is 5.25 Å². The lowest BCUT2D eigenvalue weighted by Gasteiger charge is -2.09. The topological polar surface area (TPSA) is 12.0 Å². The van der Waals surface area contributed by atoms with Crippen molar-refractivity contribution in [2.45, 2.75) is 37.5 Å². The second kappa shape index (κ2) is 6.56. The Balaban J connectivity index is 2.69. The van der Waals surface area contributed by atoms with Crippen molar-refractivity contribution in [1.29, 1.82) is 0 Å². The van der Waals surface area contributed by atoms with Gasteiger partial charge in [-0.2, -0.15) is 0 Å². The molecule has 0 aliphatic heterocycles. The standard InChI is InChI=1S/C12H18BrNS/c1-4-14-8-10-5-6-11(7-12(10)13)15-9(2)3/h5-7,9,14H,4,8H2,1-3H3. The minimum Gasteiger partial charge on any atom is -0.313 e. The Kier molecular flexibility index (Phi) is 5.72. The number of benzene rings is 1.